The molecule has 2 aromatic carbocycles. The minimum atomic E-state index is -0.453. The zero-order chi connectivity index (χ0) is 18.3. The van der Waals surface area contributed by atoms with Crippen LogP contribution in [-0.2, 0) is 11.2 Å². The topological polar surface area (TPSA) is 46.2 Å². The Labute approximate surface area is 150 Å². The van der Waals surface area contributed by atoms with E-state index < -0.39 is 5.54 Å². The first kappa shape index (κ1) is 18.9. The third kappa shape index (κ3) is 5.28. The number of benzene rings is 2. The maximum Gasteiger partial charge on any atom is 0.217 e. The Kier molecular flexibility index (Phi) is 6.51. The van der Waals surface area contributed by atoms with Crippen LogP contribution in [0.4, 0.5) is 0 Å². The van der Waals surface area contributed by atoms with E-state index in [1.54, 1.807) is 0 Å². The maximum absolute atomic E-state index is 12.7. The van der Waals surface area contributed by atoms with E-state index in [1.807, 2.05) is 56.3 Å². The van der Waals surface area contributed by atoms with E-state index in [4.69, 9.17) is 0 Å². The first-order chi connectivity index (χ1) is 12.0. The zero-order valence-electron chi connectivity index (χ0n) is 15.3. The summed E-state index contributed by atoms with van der Waals surface area (Å²) in [6.45, 7) is 5.52. The fraction of sp³-hybridized carbons (Fsp3) is 0.364. The fourth-order valence-corrected chi connectivity index (χ4v) is 3.14. The van der Waals surface area contributed by atoms with Crippen molar-refractivity contribution in [3.63, 3.8) is 0 Å². The van der Waals surface area contributed by atoms with E-state index in [9.17, 15) is 9.59 Å². The van der Waals surface area contributed by atoms with Crippen molar-refractivity contribution in [2.24, 2.45) is 0 Å². The monoisotopic (exact) mass is 337 g/mol. The van der Waals surface area contributed by atoms with Gasteiger partial charge in [-0.15, -0.1) is 0 Å². The van der Waals surface area contributed by atoms with Gasteiger partial charge in [-0.3, -0.25) is 9.59 Å². The predicted molar refractivity (Wildman–Crippen MR) is 102 cm³/mol. The number of Topliss-reactive ketones (excluding diaryl/α,β-unsaturated/α-hetero) is 1. The third-order valence-corrected chi connectivity index (χ3v) is 4.82. The average Bonchev–Trinajstić information content (AvgIpc) is 2.62. The Morgan fingerprint density at radius 2 is 1.44 bits per heavy atom. The summed E-state index contributed by atoms with van der Waals surface area (Å²) in [7, 11) is 0. The summed E-state index contributed by atoms with van der Waals surface area (Å²) in [5.41, 5.74) is 2.68. The first-order valence-corrected chi connectivity index (χ1v) is 8.93. The van der Waals surface area contributed by atoms with E-state index in [-0.39, 0.29) is 11.7 Å². The molecule has 0 atom stereocenters. The Balaban J connectivity index is 2.07. The number of carbonyl (C=O) groups is 2. The molecule has 3 heteroatoms. The van der Waals surface area contributed by atoms with Crippen molar-refractivity contribution in [1.29, 1.82) is 0 Å². The highest BCUT2D eigenvalue weighted by Crippen LogP contribution is 2.23. The smallest absolute Gasteiger partial charge is 0.217 e. The van der Waals surface area contributed by atoms with Crippen LogP contribution in [0.5, 0.6) is 0 Å². The Bertz CT molecular complexity index is 701. The molecule has 25 heavy (non-hydrogen) atoms. The van der Waals surface area contributed by atoms with Crippen LogP contribution in [0.1, 0.15) is 61.5 Å². The number of ketones is 1. The quantitative estimate of drug-likeness (QED) is 0.719. The van der Waals surface area contributed by atoms with E-state index in [2.05, 4.69) is 17.4 Å². The summed E-state index contributed by atoms with van der Waals surface area (Å²) in [6, 6.07) is 18.1. The summed E-state index contributed by atoms with van der Waals surface area (Å²) < 4.78 is 0. The van der Waals surface area contributed by atoms with Gasteiger partial charge >= 0.3 is 0 Å². The molecule has 0 heterocycles. The highest BCUT2D eigenvalue weighted by Gasteiger charge is 2.30. The van der Waals surface area contributed by atoms with Crippen molar-refractivity contribution in [2.75, 3.05) is 0 Å². The number of rotatable bonds is 8. The number of carbonyl (C=O) groups excluding carboxylic acids is 2. The van der Waals surface area contributed by atoms with Crippen molar-refractivity contribution in [2.45, 2.75) is 52.0 Å². The molecule has 0 fully saturated rings. The van der Waals surface area contributed by atoms with Gasteiger partial charge in [0.2, 0.25) is 5.91 Å². The molecule has 0 unspecified atom stereocenters. The number of hydrogen-bond acceptors (Lipinski definition) is 2. The summed E-state index contributed by atoms with van der Waals surface area (Å²) in [5, 5.41) is 2.98. The largest absolute Gasteiger partial charge is 0.350 e. The van der Waals surface area contributed by atoms with Crippen molar-refractivity contribution < 1.29 is 9.59 Å². The molecule has 0 aliphatic carbocycles. The molecule has 2 aromatic rings. The lowest BCUT2D eigenvalue weighted by atomic mass is 9.85. The van der Waals surface area contributed by atoms with Crippen LogP contribution in [0.2, 0.25) is 0 Å². The normalized spacial score (nSPS) is 11.2. The molecule has 0 saturated carbocycles. The lowest BCUT2D eigenvalue weighted by molar-refractivity contribution is -0.120. The second-order valence-corrected chi connectivity index (χ2v) is 6.63. The highest BCUT2D eigenvalue weighted by molar-refractivity contribution is 5.97. The second kappa shape index (κ2) is 8.61. The van der Waals surface area contributed by atoms with Crippen LogP contribution >= 0.6 is 0 Å². The van der Waals surface area contributed by atoms with Gasteiger partial charge in [0.05, 0.1) is 0 Å². The van der Waals surface area contributed by atoms with Crippen molar-refractivity contribution in [3.8, 4) is 0 Å². The van der Waals surface area contributed by atoms with Gasteiger partial charge in [-0.25, -0.2) is 0 Å². The number of nitrogens with one attached hydrogen (secondary N) is 1. The predicted octanol–water partition coefficient (Wildman–Crippen LogP) is 4.55. The van der Waals surface area contributed by atoms with Gasteiger partial charge in [0, 0.05) is 24.4 Å². The maximum atomic E-state index is 12.7. The lowest BCUT2D eigenvalue weighted by Crippen LogP contribution is -2.48. The Morgan fingerprint density at radius 1 is 0.880 bits per heavy atom. The molecule has 0 aromatic heterocycles. The van der Waals surface area contributed by atoms with Gasteiger partial charge in [-0.05, 0) is 30.4 Å². The first-order valence-electron chi connectivity index (χ1n) is 8.93. The number of hydrogen-bond donors (Lipinski definition) is 1. The third-order valence-electron chi connectivity index (χ3n) is 4.82. The van der Waals surface area contributed by atoms with Gasteiger partial charge in [-0.1, -0.05) is 68.4 Å². The molecular formula is C22H27NO2. The van der Waals surface area contributed by atoms with Gasteiger partial charge in [0.1, 0.15) is 0 Å². The molecule has 0 bridgehead atoms. The summed E-state index contributed by atoms with van der Waals surface area (Å²) in [6.07, 6.45) is 2.66. The molecule has 0 spiro atoms. The molecule has 1 amide bonds. The standard InChI is InChI=1S/C22H27NO2/c1-4-22(5-2,23-17(3)24)16-21(25)20-13-11-19(12-14-20)15-18-9-7-6-8-10-18/h6-14H,4-5,15-16H2,1-3H3,(H,23,24). The number of amides is 1. The average molecular weight is 337 g/mol. The van der Waals surface area contributed by atoms with Gasteiger partial charge < -0.3 is 5.32 Å². The molecule has 0 aliphatic heterocycles. The lowest BCUT2D eigenvalue weighted by Gasteiger charge is -2.32. The molecule has 1 N–H and O–H groups in total. The molecule has 0 radical (unpaired) electrons. The summed E-state index contributed by atoms with van der Waals surface area (Å²) >= 11 is 0. The molecule has 3 nitrogen and oxygen atoms in total. The fourth-order valence-electron chi connectivity index (χ4n) is 3.14. The summed E-state index contributed by atoms with van der Waals surface area (Å²) in [4.78, 5) is 24.2. The Hall–Kier alpha value is -2.42. The molecule has 132 valence electrons. The van der Waals surface area contributed by atoms with Crippen molar-refractivity contribution >= 4 is 11.7 Å². The van der Waals surface area contributed by atoms with E-state index >= 15 is 0 Å². The Morgan fingerprint density at radius 3 is 1.96 bits per heavy atom. The molecule has 0 saturated heterocycles. The van der Waals surface area contributed by atoms with Gasteiger partial charge in [0.25, 0.3) is 0 Å². The second-order valence-electron chi connectivity index (χ2n) is 6.63. The van der Waals surface area contributed by atoms with Crippen LogP contribution in [0.25, 0.3) is 0 Å². The SMILES string of the molecule is CCC(CC)(CC(=O)c1ccc(Cc2ccccc2)cc1)NC(C)=O. The van der Waals surface area contributed by atoms with Gasteiger partial charge in [0.15, 0.2) is 5.78 Å². The minimum Gasteiger partial charge on any atom is -0.350 e. The van der Waals surface area contributed by atoms with E-state index in [0.717, 1.165) is 19.3 Å². The van der Waals surface area contributed by atoms with Crippen LogP contribution in [-0.4, -0.2) is 17.2 Å². The van der Waals surface area contributed by atoms with E-state index in [0.29, 0.717) is 12.0 Å². The van der Waals surface area contributed by atoms with Crippen LogP contribution in [0.15, 0.2) is 54.6 Å². The van der Waals surface area contributed by atoms with E-state index in [1.165, 1.54) is 18.1 Å². The molecular weight excluding hydrogens is 310 g/mol. The zero-order valence-corrected chi connectivity index (χ0v) is 15.3. The van der Waals surface area contributed by atoms with Crippen LogP contribution < -0.4 is 5.32 Å². The molecule has 2 rings (SSSR count). The van der Waals surface area contributed by atoms with Crippen molar-refractivity contribution in [1.82, 2.24) is 5.32 Å². The minimum absolute atomic E-state index is 0.0729. The highest BCUT2D eigenvalue weighted by atomic mass is 16.1. The van der Waals surface area contributed by atoms with Crippen LogP contribution in [0.3, 0.4) is 0 Å². The summed E-state index contributed by atoms with van der Waals surface area (Å²) in [5.74, 6) is -0.0154. The van der Waals surface area contributed by atoms with Gasteiger partial charge in [-0.2, -0.15) is 0 Å². The van der Waals surface area contributed by atoms with Crippen molar-refractivity contribution in [3.05, 3.63) is 71.3 Å². The molecule has 0 aliphatic rings. The van der Waals surface area contributed by atoms with Crippen LogP contribution in [0, 0.1) is 0 Å².